The van der Waals surface area contributed by atoms with Crippen LogP contribution in [0.25, 0.3) is 0 Å². The predicted octanol–water partition coefficient (Wildman–Crippen LogP) is 2.47. The summed E-state index contributed by atoms with van der Waals surface area (Å²) < 4.78 is 19.3. The van der Waals surface area contributed by atoms with E-state index < -0.39 is 0 Å². The van der Waals surface area contributed by atoms with Crippen molar-refractivity contribution in [1.82, 2.24) is 5.32 Å². The number of aryl methyl sites for hydroxylation is 1. The van der Waals surface area contributed by atoms with Crippen LogP contribution < -0.4 is 15.8 Å². The highest BCUT2D eigenvalue weighted by molar-refractivity contribution is 5.76. The summed E-state index contributed by atoms with van der Waals surface area (Å²) in [6.45, 7) is 0.379. The van der Waals surface area contributed by atoms with Crippen LogP contribution in [0, 0.1) is 5.82 Å². The van der Waals surface area contributed by atoms with Crippen LogP contribution in [-0.4, -0.2) is 12.5 Å². The summed E-state index contributed by atoms with van der Waals surface area (Å²) in [5.41, 5.74) is 8.07. The number of primary amides is 1. The lowest BCUT2D eigenvalue weighted by Crippen LogP contribution is -2.30. The normalized spacial score (nSPS) is 16.1. The fourth-order valence-electron chi connectivity index (χ4n) is 2.90. The van der Waals surface area contributed by atoms with Crippen LogP contribution in [0.1, 0.15) is 29.2 Å². The van der Waals surface area contributed by atoms with E-state index >= 15 is 0 Å². The van der Waals surface area contributed by atoms with Crippen molar-refractivity contribution >= 4 is 5.91 Å². The Bertz CT molecular complexity index is 718. The average molecular weight is 314 g/mol. The average Bonchev–Trinajstić information content (AvgIpc) is 2.94. The maximum absolute atomic E-state index is 13.6. The second-order valence-electron chi connectivity index (χ2n) is 5.68. The Morgan fingerprint density at radius 3 is 2.91 bits per heavy atom. The standard InChI is InChI=1S/C18H19FN2O2/c19-16-4-2-1-3-13(16)11-23-14-6-7-15-12(9-14)5-8-17(15)21-10-18(20)22/h1-4,6-7,9,17,21H,5,8,10-11H2,(H2,20,22). The lowest BCUT2D eigenvalue weighted by Gasteiger charge is -2.13. The molecule has 1 atom stereocenters. The summed E-state index contributed by atoms with van der Waals surface area (Å²) >= 11 is 0. The molecule has 1 unspecified atom stereocenters. The number of nitrogens with two attached hydrogens (primary N) is 1. The molecular formula is C18H19FN2O2. The lowest BCUT2D eigenvalue weighted by molar-refractivity contribution is -0.117. The summed E-state index contributed by atoms with van der Waals surface area (Å²) in [7, 11) is 0. The zero-order chi connectivity index (χ0) is 16.2. The van der Waals surface area contributed by atoms with Gasteiger partial charge in [-0.3, -0.25) is 4.79 Å². The number of carbonyl (C=O) groups is 1. The van der Waals surface area contributed by atoms with E-state index in [-0.39, 0.29) is 30.9 Å². The van der Waals surface area contributed by atoms with Gasteiger partial charge >= 0.3 is 0 Å². The van der Waals surface area contributed by atoms with Gasteiger partial charge in [-0.15, -0.1) is 0 Å². The van der Waals surface area contributed by atoms with Gasteiger partial charge in [-0.1, -0.05) is 24.3 Å². The molecule has 3 rings (SSSR count). The molecular weight excluding hydrogens is 295 g/mol. The molecule has 1 amide bonds. The van der Waals surface area contributed by atoms with Crippen molar-refractivity contribution in [3.05, 3.63) is 65.0 Å². The van der Waals surface area contributed by atoms with E-state index in [0.717, 1.165) is 18.6 Å². The Morgan fingerprint density at radius 1 is 1.30 bits per heavy atom. The van der Waals surface area contributed by atoms with Gasteiger partial charge in [-0.25, -0.2) is 4.39 Å². The zero-order valence-electron chi connectivity index (χ0n) is 12.7. The van der Waals surface area contributed by atoms with Crippen LogP contribution >= 0.6 is 0 Å². The minimum atomic E-state index is -0.358. The number of ether oxygens (including phenoxy) is 1. The van der Waals surface area contributed by atoms with Crippen LogP contribution in [-0.2, 0) is 17.8 Å². The third-order valence-electron chi connectivity index (χ3n) is 4.07. The molecule has 0 saturated carbocycles. The summed E-state index contributed by atoms with van der Waals surface area (Å²) in [5, 5.41) is 3.16. The van der Waals surface area contributed by atoms with Crippen LogP contribution in [0.5, 0.6) is 5.75 Å². The van der Waals surface area contributed by atoms with Crippen LogP contribution in [0.3, 0.4) is 0 Å². The van der Waals surface area contributed by atoms with Gasteiger partial charge in [0.15, 0.2) is 0 Å². The first-order valence-electron chi connectivity index (χ1n) is 7.64. The first kappa shape index (κ1) is 15.5. The Kier molecular flexibility index (Phi) is 4.57. The van der Waals surface area contributed by atoms with Gasteiger partial charge in [0.25, 0.3) is 0 Å². The number of amides is 1. The molecule has 0 radical (unpaired) electrons. The van der Waals surface area contributed by atoms with E-state index in [1.54, 1.807) is 18.2 Å². The van der Waals surface area contributed by atoms with E-state index in [0.29, 0.717) is 5.56 Å². The number of halogens is 1. The van der Waals surface area contributed by atoms with Crippen molar-refractivity contribution < 1.29 is 13.9 Å². The van der Waals surface area contributed by atoms with Gasteiger partial charge in [0.05, 0.1) is 6.54 Å². The number of benzene rings is 2. The van der Waals surface area contributed by atoms with E-state index in [1.165, 1.54) is 17.2 Å². The minimum Gasteiger partial charge on any atom is -0.489 e. The van der Waals surface area contributed by atoms with E-state index in [1.807, 2.05) is 18.2 Å². The van der Waals surface area contributed by atoms with Gasteiger partial charge in [0, 0.05) is 11.6 Å². The number of rotatable bonds is 6. The second kappa shape index (κ2) is 6.79. The number of carbonyl (C=O) groups excluding carboxylic acids is 1. The van der Waals surface area contributed by atoms with Gasteiger partial charge in [0.2, 0.25) is 5.91 Å². The van der Waals surface area contributed by atoms with Gasteiger partial charge in [-0.2, -0.15) is 0 Å². The summed E-state index contributed by atoms with van der Waals surface area (Å²) in [5.74, 6) is 0.107. The Morgan fingerprint density at radius 2 is 2.13 bits per heavy atom. The molecule has 0 bridgehead atoms. The fourth-order valence-corrected chi connectivity index (χ4v) is 2.90. The highest BCUT2D eigenvalue weighted by atomic mass is 19.1. The monoisotopic (exact) mass is 314 g/mol. The summed E-state index contributed by atoms with van der Waals surface area (Å²) in [4.78, 5) is 10.9. The molecule has 0 spiro atoms. The third kappa shape index (κ3) is 3.68. The summed E-state index contributed by atoms with van der Waals surface area (Å²) in [6, 6.07) is 12.6. The first-order valence-corrected chi connectivity index (χ1v) is 7.64. The number of hydrogen-bond donors (Lipinski definition) is 2. The zero-order valence-corrected chi connectivity index (χ0v) is 12.7. The largest absolute Gasteiger partial charge is 0.489 e. The molecule has 23 heavy (non-hydrogen) atoms. The summed E-state index contributed by atoms with van der Waals surface area (Å²) in [6.07, 6.45) is 1.85. The van der Waals surface area contributed by atoms with Crippen LogP contribution in [0.15, 0.2) is 42.5 Å². The Hall–Kier alpha value is -2.40. The SMILES string of the molecule is NC(=O)CNC1CCc2cc(OCc3ccccc3F)ccc21. The van der Waals surface area contributed by atoms with Crippen molar-refractivity contribution in [1.29, 1.82) is 0 Å². The molecule has 0 aromatic heterocycles. The third-order valence-corrected chi connectivity index (χ3v) is 4.07. The van der Waals surface area contributed by atoms with Crippen molar-refractivity contribution in [3.8, 4) is 5.75 Å². The molecule has 1 aliphatic carbocycles. The van der Waals surface area contributed by atoms with E-state index in [2.05, 4.69) is 5.32 Å². The minimum absolute atomic E-state index is 0.151. The van der Waals surface area contributed by atoms with Gasteiger partial charge in [0.1, 0.15) is 18.2 Å². The lowest BCUT2D eigenvalue weighted by atomic mass is 10.1. The molecule has 3 N–H and O–H groups in total. The molecule has 0 saturated heterocycles. The van der Waals surface area contributed by atoms with Crippen molar-refractivity contribution in [2.75, 3.05) is 6.54 Å². The maximum Gasteiger partial charge on any atom is 0.231 e. The van der Waals surface area contributed by atoms with Crippen molar-refractivity contribution in [3.63, 3.8) is 0 Å². The Balaban J connectivity index is 1.65. The molecule has 5 heteroatoms. The second-order valence-corrected chi connectivity index (χ2v) is 5.68. The van der Waals surface area contributed by atoms with Crippen LogP contribution in [0.2, 0.25) is 0 Å². The molecule has 0 aliphatic heterocycles. The van der Waals surface area contributed by atoms with Gasteiger partial charge < -0.3 is 15.8 Å². The fraction of sp³-hybridized carbons (Fsp3) is 0.278. The predicted molar refractivity (Wildman–Crippen MR) is 85.4 cm³/mol. The number of fused-ring (bicyclic) bond motifs is 1. The Labute approximate surface area is 134 Å². The highest BCUT2D eigenvalue weighted by Gasteiger charge is 2.22. The molecule has 2 aromatic carbocycles. The molecule has 0 fully saturated rings. The molecule has 4 nitrogen and oxygen atoms in total. The maximum atomic E-state index is 13.6. The van der Waals surface area contributed by atoms with Crippen LogP contribution in [0.4, 0.5) is 4.39 Å². The van der Waals surface area contributed by atoms with Gasteiger partial charge in [-0.05, 0) is 42.2 Å². The van der Waals surface area contributed by atoms with E-state index in [4.69, 9.17) is 10.5 Å². The van der Waals surface area contributed by atoms with E-state index in [9.17, 15) is 9.18 Å². The molecule has 0 heterocycles. The molecule has 120 valence electrons. The van der Waals surface area contributed by atoms with Crippen molar-refractivity contribution in [2.45, 2.75) is 25.5 Å². The molecule has 1 aliphatic rings. The highest BCUT2D eigenvalue weighted by Crippen LogP contribution is 2.33. The smallest absolute Gasteiger partial charge is 0.231 e. The number of nitrogens with one attached hydrogen (secondary N) is 1. The van der Waals surface area contributed by atoms with Crippen molar-refractivity contribution in [2.24, 2.45) is 5.73 Å². The number of hydrogen-bond acceptors (Lipinski definition) is 3. The quantitative estimate of drug-likeness (QED) is 0.861. The first-order chi connectivity index (χ1) is 11.1. The molecule has 2 aromatic rings. The topological polar surface area (TPSA) is 64.4 Å².